The number of allylic oxidation sites excluding steroid dienone is 1. The summed E-state index contributed by atoms with van der Waals surface area (Å²) in [6, 6.07) is 7.88. The van der Waals surface area contributed by atoms with E-state index in [1.807, 2.05) is 19.1 Å². The Hall–Kier alpha value is -1.89. The number of nitrogens with one attached hydrogen (secondary N) is 3. The van der Waals surface area contributed by atoms with Crippen molar-refractivity contribution in [2.75, 3.05) is 11.9 Å². The van der Waals surface area contributed by atoms with Crippen LogP contribution in [-0.2, 0) is 9.53 Å². The SMILES string of the molecule is CCCC(=N)/C(Cl)=C(\N)C(=O)Nc1ccc([C@@H]2OC3CN[C@H]32)cc1. The first-order chi connectivity index (χ1) is 11.5. The second kappa shape index (κ2) is 6.93. The highest BCUT2D eigenvalue weighted by atomic mass is 35.5. The van der Waals surface area contributed by atoms with Crippen LogP contribution in [0.1, 0.15) is 31.4 Å². The van der Waals surface area contributed by atoms with Crippen LogP contribution in [0.3, 0.4) is 0 Å². The Morgan fingerprint density at radius 1 is 1.46 bits per heavy atom. The number of amides is 1. The average Bonchev–Trinajstić information content (AvgIpc) is 2.57. The summed E-state index contributed by atoms with van der Waals surface area (Å²) < 4.78 is 5.75. The van der Waals surface area contributed by atoms with Gasteiger partial charge in [-0.2, -0.15) is 0 Å². The summed E-state index contributed by atoms with van der Waals surface area (Å²) in [7, 11) is 0. The number of halogens is 1. The maximum absolute atomic E-state index is 12.1. The molecule has 128 valence electrons. The molecule has 7 heteroatoms. The number of carbonyl (C=O) groups excluding carboxylic acids is 1. The third-order valence-corrected chi connectivity index (χ3v) is 4.78. The van der Waals surface area contributed by atoms with Crippen LogP contribution in [0.4, 0.5) is 5.69 Å². The number of ether oxygens (including phenoxy) is 1. The fourth-order valence-corrected chi connectivity index (χ4v) is 3.01. The van der Waals surface area contributed by atoms with Gasteiger partial charge in [0.2, 0.25) is 0 Å². The van der Waals surface area contributed by atoms with Crippen LogP contribution >= 0.6 is 11.6 Å². The first kappa shape index (κ1) is 17.0. The minimum absolute atomic E-state index is 0.0101. The van der Waals surface area contributed by atoms with Crippen molar-refractivity contribution >= 4 is 28.9 Å². The maximum Gasteiger partial charge on any atom is 0.273 e. The predicted octanol–water partition coefficient (Wildman–Crippen LogP) is 2.27. The normalized spacial score (nSPS) is 25.7. The summed E-state index contributed by atoms with van der Waals surface area (Å²) >= 11 is 6.00. The number of rotatable bonds is 6. The summed E-state index contributed by atoms with van der Waals surface area (Å²) in [5, 5.41) is 13.8. The summed E-state index contributed by atoms with van der Waals surface area (Å²) in [6.45, 7) is 2.86. The molecule has 1 aromatic rings. The van der Waals surface area contributed by atoms with E-state index in [2.05, 4.69) is 10.6 Å². The number of fused-ring (bicyclic) bond motifs is 1. The zero-order chi connectivity index (χ0) is 17.3. The van der Waals surface area contributed by atoms with Gasteiger partial charge in [-0.3, -0.25) is 4.79 Å². The molecule has 0 spiro atoms. The number of nitrogens with two attached hydrogens (primary N) is 1. The summed E-state index contributed by atoms with van der Waals surface area (Å²) in [4.78, 5) is 12.1. The number of hydrogen-bond acceptors (Lipinski definition) is 5. The van der Waals surface area contributed by atoms with Crippen LogP contribution in [0.5, 0.6) is 0 Å². The molecule has 6 nitrogen and oxygen atoms in total. The lowest BCUT2D eigenvalue weighted by Gasteiger charge is -2.53. The zero-order valence-corrected chi connectivity index (χ0v) is 14.2. The Morgan fingerprint density at radius 3 is 2.67 bits per heavy atom. The van der Waals surface area contributed by atoms with Crippen molar-refractivity contribution < 1.29 is 9.53 Å². The minimum atomic E-state index is -0.505. The fraction of sp³-hybridized carbons (Fsp3) is 0.412. The van der Waals surface area contributed by atoms with Gasteiger partial charge < -0.3 is 26.5 Å². The van der Waals surface area contributed by atoms with E-state index >= 15 is 0 Å². The van der Waals surface area contributed by atoms with Gasteiger partial charge in [-0.25, -0.2) is 0 Å². The third kappa shape index (κ3) is 3.17. The second-order valence-corrected chi connectivity index (χ2v) is 6.44. The molecule has 0 aliphatic carbocycles. The monoisotopic (exact) mass is 348 g/mol. The average molecular weight is 349 g/mol. The highest BCUT2D eigenvalue weighted by Gasteiger charge is 2.49. The number of anilines is 1. The maximum atomic E-state index is 12.1. The van der Waals surface area contributed by atoms with E-state index < -0.39 is 5.91 Å². The third-order valence-electron chi connectivity index (χ3n) is 4.35. The summed E-state index contributed by atoms with van der Waals surface area (Å²) in [6.07, 6.45) is 1.69. The van der Waals surface area contributed by atoms with Gasteiger partial charge >= 0.3 is 0 Å². The topological polar surface area (TPSA) is 100 Å². The van der Waals surface area contributed by atoms with E-state index in [-0.39, 0.29) is 22.5 Å². The van der Waals surface area contributed by atoms with Crippen molar-refractivity contribution in [1.82, 2.24) is 5.32 Å². The lowest BCUT2D eigenvalue weighted by atomic mass is 9.86. The highest BCUT2D eigenvalue weighted by molar-refractivity contribution is 6.45. The molecule has 0 saturated carbocycles. The number of carbonyl (C=O) groups is 1. The van der Waals surface area contributed by atoms with Gasteiger partial charge in [0.05, 0.1) is 22.9 Å². The van der Waals surface area contributed by atoms with Crippen LogP contribution in [0.25, 0.3) is 0 Å². The molecule has 0 aromatic heterocycles. The molecule has 1 amide bonds. The molecule has 24 heavy (non-hydrogen) atoms. The smallest absolute Gasteiger partial charge is 0.273 e. The van der Waals surface area contributed by atoms with E-state index in [0.717, 1.165) is 18.5 Å². The molecule has 2 heterocycles. The Labute approximate surface area is 145 Å². The van der Waals surface area contributed by atoms with E-state index in [0.29, 0.717) is 24.3 Å². The molecule has 0 radical (unpaired) electrons. The van der Waals surface area contributed by atoms with Gasteiger partial charge in [0.25, 0.3) is 5.91 Å². The molecule has 0 bridgehead atoms. The first-order valence-electron chi connectivity index (χ1n) is 8.04. The van der Waals surface area contributed by atoms with Gasteiger partial charge in [0.1, 0.15) is 11.8 Å². The molecular formula is C17H21ClN4O2. The molecule has 5 N–H and O–H groups in total. The van der Waals surface area contributed by atoms with Crippen molar-refractivity contribution in [3.8, 4) is 0 Å². The largest absolute Gasteiger partial charge is 0.393 e. The Bertz CT molecular complexity index is 686. The lowest BCUT2D eigenvalue weighted by molar-refractivity contribution is -0.203. The van der Waals surface area contributed by atoms with Gasteiger partial charge in [-0.05, 0) is 24.1 Å². The van der Waals surface area contributed by atoms with Crippen LogP contribution in [0.15, 0.2) is 35.0 Å². The van der Waals surface area contributed by atoms with Crippen molar-refractivity contribution in [3.05, 3.63) is 40.6 Å². The van der Waals surface area contributed by atoms with Crippen molar-refractivity contribution in [3.63, 3.8) is 0 Å². The predicted molar refractivity (Wildman–Crippen MR) is 94.2 cm³/mol. The minimum Gasteiger partial charge on any atom is -0.393 e. The van der Waals surface area contributed by atoms with Crippen LogP contribution in [0.2, 0.25) is 0 Å². The summed E-state index contributed by atoms with van der Waals surface area (Å²) in [5.41, 5.74) is 7.49. The van der Waals surface area contributed by atoms with Crippen LogP contribution in [0, 0.1) is 5.41 Å². The van der Waals surface area contributed by atoms with Gasteiger partial charge in [-0.1, -0.05) is 37.1 Å². The standard InChI is InChI=1S/C17H21ClN4O2/c1-2-3-11(19)13(18)14(20)17(23)22-10-6-4-9(5-7-10)16-15-12(24-16)8-21-15/h4-7,12,15-16,19,21H,2-3,8,20H2,1H3,(H,22,23)/b14-13+,19-11?/t12?,15-,16+/m1/s1. The second-order valence-electron chi connectivity index (χ2n) is 6.06. The highest BCUT2D eigenvalue weighted by Crippen LogP contribution is 2.39. The van der Waals surface area contributed by atoms with E-state index in [4.69, 9.17) is 27.5 Å². The Balaban J connectivity index is 1.62. The van der Waals surface area contributed by atoms with E-state index in [1.165, 1.54) is 0 Å². The van der Waals surface area contributed by atoms with Crippen molar-refractivity contribution in [2.45, 2.75) is 38.0 Å². The Kier molecular flexibility index (Phi) is 4.89. The van der Waals surface area contributed by atoms with E-state index in [1.54, 1.807) is 12.1 Å². The Morgan fingerprint density at radius 2 is 2.17 bits per heavy atom. The molecule has 2 aliphatic heterocycles. The first-order valence-corrected chi connectivity index (χ1v) is 8.42. The van der Waals surface area contributed by atoms with E-state index in [9.17, 15) is 4.79 Å². The molecule has 3 atom stereocenters. The van der Waals surface area contributed by atoms with Crippen LogP contribution in [-0.4, -0.2) is 30.3 Å². The molecular weight excluding hydrogens is 328 g/mol. The lowest BCUT2D eigenvalue weighted by Crippen LogP contribution is -2.69. The fourth-order valence-electron chi connectivity index (χ4n) is 2.83. The molecule has 1 aromatic carbocycles. The van der Waals surface area contributed by atoms with Crippen LogP contribution < -0.4 is 16.4 Å². The summed E-state index contributed by atoms with van der Waals surface area (Å²) in [5.74, 6) is -0.505. The molecule has 1 unspecified atom stereocenters. The van der Waals surface area contributed by atoms with Gasteiger partial charge in [0, 0.05) is 12.2 Å². The molecule has 2 aliphatic rings. The number of morpholine rings is 1. The molecule has 2 fully saturated rings. The van der Waals surface area contributed by atoms with Gasteiger partial charge in [0.15, 0.2) is 0 Å². The molecule has 3 rings (SSSR count). The van der Waals surface area contributed by atoms with Gasteiger partial charge in [-0.15, -0.1) is 0 Å². The number of benzene rings is 1. The number of hydrogen-bond donors (Lipinski definition) is 4. The van der Waals surface area contributed by atoms with Crippen molar-refractivity contribution in [2.24, 2.45) is 5.73 Å². The van der Waals surface area contributed by atoms with Crippen molar-refractivity contribution in [1.29, 1.82) is 5.41 Å². The quantitative estimate of drug-likeness (QED) is 0.468. The molecule has 2 saturated heterocycles. The zero-order valence-electron chi connectivity index (χ0n) is 13.4.